The minimum atomic E-state index is -0.452. The van der Waals surface area contributed by atoms with Crippen LogP contribution in [0.3, 0.4) is 0 Å². The third-order valence-corrected chi connectivity index (χ3v) is 4.01. The average molecular weight is 302 g/mol. The summed E-state index contributed by atoms with van der Waals surface area (Å²) < 4.78 is 27.3. The van der Waals surface area contributed by atoms with Crippen molar-refractivity contribution in [1.82, 2.24) is 9.88 Å². The molecule has 114 valence electrons. The van der Waals surface area contributed by atoms with Crippen LogP contribution in [0.2, 0.25) is 0 Å². The molecule has 0 radical (unpaired) electrons. The van der Waals surface area contributed by atoms with Crippen LogP contribution in [0.5, 0.6) is 0 Å². The van der Waals surface area contributed by atoms with Crippen molar-refractivity contribution in [2.24, 2.45) is 0 Å². The zero-order valence-corrected chi connectivity index (χ0v) is 12.0. The number of rotatable bonds is 2. The van der Waals surface area contributed by atoms with Crippen LogP contribution in [0.4, 0.5) is 8.78 Å². The molecule has 22 heavy (non-hydrogen) atoms. The lowest BCUT2D eigenvalue weighted by atomic mass is 9.90. The number of benzene rings is 1. The highest BCUT2D eigenvalue weighted by Crippen LogP contribution is 2.29. The molecule has 0 spiro atoms. The largest absolute Gasteiger partial charge is 0.338 e. The summed E-state index contributed by atoms with van der Waals surface area (Å²) >= 11 is 0. The molecule has 2 aromatic rings. The van der Waals surface area contributed by atoms with Gasteiger partial charge >= 0.3 is 0 Å². The fraction of sp³-hybridized carbons (Fsp3) is 0.294. The lowest BCUT2D eigenvalue weighted by Crippen LogP contribution is -2.39. The Morgan fingerprint density at radius 2 is 2.14 bits per heavy atom. The number of carbonyl (C=O) groups is 1. The minimum absolute atomic E-state index is 0.116. The Morgan fingerprint density at radius 3 is 2.91 bits per heavy atom. The van der Waals surface area contributed by atoms with Crippen LogP contribution >= 0.6 is 0 Å². The van der Waals surface area contributed by atoms with Crippen molar-refractivity contribution in [3.8, 4) is 0 Å². The van der Waals surface area contributed by atoms with Crippen LogP contribution in [0.15, 0.2) is 42.7 Å². The number of piperidine rings is 1. The fourth-order valence-electron chi connectivity index (χ4n) is 2.91. The van der Waals surface area contributed by atoms with E-state index in [1.54, 1.807) is 23.2 Å². The van der Waals surface area contributed by atoms with Gasteiger partial charge in [0.2, 0.25) is 0 Å². The summed E-state index contributed by atoms with van der Waals surface area (Å²) in [5.74, 6) is -1.16. The van der Waals surface area contributed by atoms with Gasteiger partial charge in [0.05, 0.1) is 5.56 Å². The average Bonchev–Trinajstić information content (AvgIpc) is 2.57. The third-order valence-electron chi connectivity index (χ3n) is 4.01. The van der Waals surface area contributed by atoms with E-state index in [1.165, 1.54) is 12.3 Å². The molecule has 0 bridgehead atoms. The first-order valence-electron chi connectivity index (χ1n) is 7.29. The van der Waals surface area contributed by atoms with Gasteiger partial charge in [0.25, 0.3) is 5.91 Å². The first kappa shape index (κ1) is 14.6. The summed E-state index contributed by atoms with van der Waals surface area (Å²) in [6.45, 7) is 1.02. The summed E-state index contributed by atoms with van der Waals surface area (Å²) in [6.07, 6.45) is 4.65. The van der Waals surface area contributed by atoms with Crippen LogP contribution in [0, 0.1) is 11.6 Å². The molecule has 0 saturated carbocycles. The molecule has 3 rings (SSSR count). The summed E-state index contributed by atoms with van der Waals surface area (Å²) in [6, 6.07) is 6.91. The molecule has 1 fully saturated rings. The Kier molecular flexibility index (Phi) is 4.13. The lowest BCUT2D eigenvalue weighted by molar-refractivity contribution is 0.0705. The Bertz CT molecular complexity index is 676. The van der Waals surface area contributed by atoms with E-state index in [2.05, 4.69) is 4.98 Å². The fourth-order valence-corrected chi connectivity index (χ4v) is 2.91. The highest BCUT2D eigenvalue weighted by molar-refractivity contribution is 5.94. The van der Waals surface area contributed by atoms with Gasteiger partial charge < -0.3 is 4.90 Å². The summed E-state index contributed by atoms with van der Waals surface area (Å²) in [7, 11) is 0. The molecule has 1 amide bonds. The number of hydrogen-bond acceptors (Lipinski definition) is 2. The Hall–Kier alpha value is -2.30. The molecule has 5 heteroatoms. The number of hydrogen-bond donors (Lipinski definition) is 0. The molecule has 3 nitrogen and oxygen atoms in total. The second-order valence-corrected chi connectivity index (χ2v) is 5.50. The minimum Gasteiger partial charge on any atom is -0.338 e. The molecule has 1 atom stereocenters. The predicted molar refractivity (Wildman–Crippen MR) is 78.5 cm³/mol. The zero-order valence-electron chi connectivity index (χ0n) is 12.0. The molecule has 2 heterocycles. The van der Waals surface area contributed by atoms with Gasteiger partial charge in [-0.3, -0.25) is 9.78 Å². The number of nitrogens with zero attached hydrogens (tertiary/aromatic N) is 2. The second-order valence-electron chi connectivity index (χ2n) is 5.50. The quantitative estimate of drug-likeness (QED) is 0.852. The van der Waals surface area contributed by atoms with E-state index in [-0.39, 0.29) is 11.8 Å². The molecule has 1 aliphatic heterocycles. The maximum atomic E-state index is 13.9. The molecule has 1 aromatic heterocycles. The highest BCUT2D eigenvalue weighted by Gasteiger charge is 2.27. The van der Waals surface area contributed by atoms with E-state index in [1.807, 2.05) is 0 Å². The number of pyridine rings is 1. The lowest BCUT2D eigenvalue weighted by Gasteiger charge is -2.33. The van der Waals surface area contributed by atoms with Crippen molar-refractivity contribution in [2.75, 3.05) is 13.1 Å². The van der Waals surface area contributed by atoms with Gasteiger partial charge in [0.15, 0.2) is 0 Å². The van der Waals surface area contributed by atoms with Crippen molar-refractivity contribution in [3.05, 3.63) is 65.5 Å². The maximum absolute atomic E-state index is 13.9. The van der Waals surface area contributed by atoms with Gasteiger partial charge in [-0.15, -0.1) is 0 Å². The van der Waals surface area contributed by atoms with Crippen molar-refractivity contribution >= 4 is 5.91 Å². The molecule has 0 N–H and O–H groups in total. The van der Waals surface area contributed by atoms with E-state index >= 15 is 0 Å². The summed E-state index contributed by atoms with van der Waals surface area (Å²) in [5, 5.41) is 0. The normalized spacial score (nSPS) is 18.3. The SMILES string of the molecule is O=C(c1cccnc1)N1CCC[C@H](c2cc(F)ccc2F)C1. The molecule has 1 aliphatic rings. The van der Waals surface area contributed by atoms with E-state index in [9.17, 15) is 13.6 Å². The standard InChI is InChI=1S/C17H16F2N2O/c18-14-5-6-16(19)15(9-14)13-4-2-8-21(11-13)17(22)12-3-1-7-20-10-12/h1,3,5-7,9-10,13H,2,4,8,11H2/t13-/m0/s1. The smallest absolute Gasteiger partial charge is 0.255 e. The van der Waals surface area contributed by atoms with Gasteiger partial charge in [0.1, 0.15) is 11.6 Å². The van der Waals surface area contributed by atoms with Gasteiger partial charge in [-0.25, -0.2) is 8.78 Å². The van der Waals surface area contributed by atoms with Gasteiger partial charge in [-0.2, -0.15) is 0 Å². The first-order valence-corrected chi connectivity index (χ1v) is 7.29. The van der Waals surface area contributed by atoms with Crippen molar-refractivity contribution < 1.29 is 13.6 Å². The predicted octanol–water partition coefficient (Wildman–Crippen LogP) is 3.38. The highest BCUT2D eigenvalue weighted by atomic mass is 19.1. The Morgan fingerprint density at radius 1 is 1.27 bits per heavy atom. The van der Waals surface area contributed by atoms with Crippen molar-refractivity contribution in [2.45, 2.75) is 18.8 Å². The number of halogens is 2. The topological polar surface area (TPSA) is 33.2 Å². The molecular weight excluding hydrogens is 286 g/mol. The van der Waals surface area contributed by atoms with Gasteiger partial charge in [-0.05, 0) is 48.7 Å². The van der Waals surface area contributed by atoms with Gasteiger partial charge in [-0.1, -0.05) is 0 Å². The molecule has 0 unspecified atom stereocenters. The number of carbonyl (C=O) groups excluding carboxylic acids is 1. The van der Waals surface area contributed by atoms with Crippen LogP contribution in [-0.4, -0.2) is 28.9 Å². The monoisotopic (exact) mass is 302 g/mol. The molecule has 1 saturated heterocycles. The van der Waals surface area contributed by atoms with Crippen LogP contribution in [-0.2, 0) is 0 Å². The molecule has 1 aromatic carbocycles. The summed E-state index contributed by atoms with van der Waals surface area (Å²) in [5.41, 5.74) is 0.867. The van der Waals surface area contributed by atoms with Crippen LogP contribution in [0.1, 0.15) is 34.7 Å². The Labute approximate surface area is 127 Å². The Balaban J connectivity index is 1.80. The van der Waals surface area contributed by atoms with Crippen molar-refractivity contribution in [3.63, 3.8) is 0 Å². The van der Waals surface area contributed by atoms with Crippen LogP contribution < -0.4 is 0 Å². The first-order chi connectivity index (χ1) is 10.6. The van der Waals surface area contributed by atoms with E-state index in [4.69, 9.17) is 0 Å². The van der Waals surface area contributed by atoms with E-state index < -0.39 is 11.6 Å². The van der Waals surface area contributed by atoms with E-state index in [0.29, 0.717) is 24.2 Å². The number of aromatic nitrogens is 1. The van der Waals surface area contributed by atoms with E-state index in [0.717, 1.165) is 25.0 Å². The summed E-state index contributed by atoms with van der Waals surface area (Å²) in [4.78, 5) is 18.1. The zero-order chi connectivity index (χ0) is 15.5. The van der Waals surface area contributed by atoms with Crippen molar-refractivity contribution in [1.29, 1.82) is 0 Å². The number of amides is 1. The molecule has 0 aliphatic carbocycles. The molecular formula is C17H16F2N2O. The van der Waals surface area contributed by atoms with Gasteiger partial charge in [0, 0.05) is 31.4 Å². The maximum Gasteiger partial charge on any atom is 0.255 e. The van der Waals surface area contributed by atoms with Crippen LogP contribution in [0.25, 0.3) is 0 Å². The second kappa shape index (κ2) is 6.22. The number of likely N-dealkylation sites (tertiary alicyclic amines) is 1. The third kappa shape index (κ3) is 2.98.